The number of rotatable bonds is 28. The second kappa shape index (κ2) is 79.5. The van der Waals surface area contributed by atoms with Gasteiger partial charge in [0.25, 0.3) is 0 Å². The van der Waals surface area contributed by atoms with E-state index in [0.29, 0.717) is 0 Å². The lowest BCUT2D eigenvalue weighted by Crippen LogP contribution is -3.08. The fourth-order valence-electron chi connectivity index (χ4n) is 8.70. The topological polar surface area (TPSA) is 53.3 Å². The molecule has 4 unspecified atom stereocenters. The Morgan fingerprint density at radius 1 is 0.170 bits per heavy atom. The average Bonchev–Trinajstić information content (AvgIpc) is 1.08. The van der Waals surface area contributed by atoms with E-state index in [1.807, 2.05) is 12.1 Å². The molecule has 0 aliphatic heterocycles. The van der Waals surface area contributed by atoms with Gasteiger partial charge in [-0.25, -0.2) is 0 Å². The number of nitrogens with one attached hydrogen (secondary N) is 12. The van der Waals surface area contributed by atoms with Gasteiger partial charge in [0.2, 0.25) is 0 Å². The molecule has 4 atom stereocenters. The van der Waals surface area contributed by atoms with Crippen molar-refractivity contribution >= 4 is 34.1 Å². The first-order valence-corrected chi connectivity index (χ1v) is 40.2. The second-order valence-electron chi connectivity index (χ2n) is 26.3. The summed E-state index contributed by atoms with van der Waals surface area (Å²) >= 11 is 0. The molecule has 0 amide bonds. The molecule has 12 nitrogen and oxygen atoms in total. The van der Waals surface area contributed by atoms with E-state index in [-0.39, 0.29) is 0 Å². The third-order valence-corrected chi connectivity index (χ3v) is 18.2. The molecule has 6 aromatic carbocycles. The van der Waals surface area contributed by atoms with Crippen LogP contribution < -0.4 is 58.8 Å². The monoisotopic (exact) mass is 1400 g/mol. The highest BCUT2D eigenvalue weighted by Crippen LogP contribution is 2.01. The summed E-state index contributed by atoms with van der Waals surface area (Å²) in [5, 5.41) is 0. The molecule has 0 spiro atoms. The minimum Gasteiger partial charge on any atom is -0.340 e. The first-order chi connectivity index (χ1) is 48.0. The lowest BCUT2D eigenvalue weighted by molar-refractivity contribution is -0.877. The first kappa shape index (κ1) is 106. The van der Waals surface area contributed by atoms with Gasteiger partial charge in [0.15, 0.2) is 0 Å². The molecule has 12 N–H and O–H groups in total. The van der Waals surface area contributed by atoms with E-state index < -0.39 is 0 Å². The summed E-state index contributed by atoms with van der Waals surface area (Å²) in [5.74, 6) is 0. The zero-order chi connectivity index (χ0) is 77.2. The zero-order valence-electron chi connectivity index (χ0n) is 71.9. The molecule has 6 rings (SSSR count). The highest BCUT2D eigenvalue weighted by atomic mass is 15.1. The van der Waals surface area contributed by atoms with Crippen LogP contribution in [0.4, 0.5) is 34.1 Å². The zero-order valence-corrected chi connectivity index (χ0v) is 71.9. The Bertz CT molecular complexity index is 2190. The highest BCUT2D eigenvalue weighted by molar-refractivity contribution is 5.31. The molecule has 0 saturated heterocycles. The van der Waals surface area contributed by atoms with Crippen molar-refractivity contribution in [1.29, 1.82) is 0 Å². The number of hydrogen-bond donors (Lipinski definition) is 12. The second-order valence-corrected chi connectivity index (χ2v) is 26.3. The smallest absolute Gasteiger partial charge is 0.131 e. The molecule has 576 valence electrons. The standard InChI is InChI=1S/C11H17N.3C10H15N.2C9H13N.C6H15N.3C5H13N.2C4H11N/c1-3-10-12(4-2)11-8-6-5-7-9-11;3*1-3-11(4-2)10-8-6-5-7-9-10;2*1-3-10(2)9-7-5-4-6-8-9;1-4-6-7(3)5-2;3*1-4-6(3)5-2;2*1-4-5(2)3/h5-9H,3-4,10H2,1-2H3;3*5-9H,3-4H2,1-2H3;2*4-8H,3H2,1-2H3;4-6H2,1-3H3;3*4-5H2,1-3H3;2*4H2,1-3H3/p+12. The summed E-state index contributed by atoms with van der Waals surface area (Å²) in [6.45, 7) is 68.2. The molecule has 0 saturated carbocycles. The maximum atomic E-state index is 2.23. The summed E-state index contributed by atoms with van der Waals surface area (Å²) in [6, 6.07) is 63.6. The normalized spacial score (nSPS) is 11.3. The number of benzene rings is 6. The molecule has 0 radical (unpaired) electrons. The SMILES string of the molecule is CCC[NH+](C)CC.CCC[NH+](CC)c1ccccc1.CC[NH+](C)C.CC[NH+](C)C.CC[NH+](C)CC.CC[NH+](C)CC.CC[NH+](C)CC.CC[NH+](C)c1ccccc1.CC[NH+](C)c1ccccc1.CC[NH+](CC)c1ccccc1.CC[NH+](CC)c1ccccc1.CC[NH+](CC)c1ccccc1. The summed E-state index contributed by atoms with van der Waals surface area (Å²) < 4.78 is 0. The molecular formula is C88H176N12+12. The molecule has 0 fully saturated rings. The van der Waals surface area contributed by atoms with Crippen LogP contribution in [-0.4, -0.2) is 201 Å². The van der Waals surface area contributed by atoms with Crippen molar-refractivity contribution in [3.05, 3.63) is 182 Å². The van der Waals surface area contributed by atoms with E-state index in [1.165, 1.54) is 184 Å². The van der Waals surface area contributed by atoms with Crippen LogP contribution in [0, 0.1) is 0 Å². The maximum absolute atomic E-state index is 2.23. The fourth-order valence-corrected chi connectivity index (χ4v) is 8.70. The van der Waals surface area contributed by atoms with E-state index in [1.54, 1.807) is 39.2 Å². The third kappa shape index (κ3) is 66.1. The highest BCUT2D eigenvalue weighted by Gasteiger charge is 2.08. The van der Waals surface area contributed by atoms with Crippen molar-refractivity contribution in [2.75, 3.05) is 201 Å². The summed E-state index contributed by atoms with van der Waals surface area (Å²) in [4.78, 5) is 18.6. The van der Waals surface area contributed by atoms with Crippen LogP contribution in [0.25, 0.3) is 0 Å². The van der Waals surface area contributed by atoms with Crippen molar-refractivity contribution in [1.82, 2.24) is 0 Å². The Kier molecular flexibility index (Phi) is 84.2. The number of quaternary nitrogens is 12. The van der Waals surface area contributed by atoms with Crippen LogP contribution in [0.15, 0.2) is 182 Å². The predicted octanol–water partition coefficient (Wildman–Crippen LogP) is 3.92. The Labute approximate surface area is 624 Å². The van der Waals surface area contributed by atoms with Gasteiger partial charge in [0, 0.05) is 0 Å². The summed E-state index contributed by atoms with van der Waals surface area (Å²) in [6.07, 6.45) is 2.55. The molecule has 100 heavy (non-hydrogen) atoms. The van der Waals surface area contributed by atoms with Crippen LogP contribution in [0.1, 0.15) is 151 Å². The van der Waals surface area contributed by atoms with Crippen molar-refractivity contribution in [2.45, 2.75) is 151 Å². The van der Waals surface area contributed by atoms with Crippen molar-refractivity contribution < 1.29 is 58.8 Å². The van der Waals surface area contributed by atoms with Gasteiger partial charge in [-0.2, -0.15) is 0 Å². The van der Waals surface area contributed by atoms with Gasteiger partial charge < -0.3 is 58.8 Å². The maximum Gasteiger partial charge on any atom is 0.131 e. The van der Waals surface area contributed by atoms with Crippen LogP contribution in [0.5, 0.6) is 0 Å². The molecule has 12 heteroatoms. The fraction of sp³-hybridized carbons (Fsp3) is 0.591. The third-order valence-electron chi connectivity index (χ3n) is 18.2. The molecule has 0 heterocycles. The lowest BCUT2D eigenvalue weighted by atomic mass is 10.3. The Morgan fingerprint density at radius 2 is 0.340 bits per heavy atom. The van der Waals surface area contributed by atoms with Crippen LogP contribution in [0.2, 0.25) is 0 Å². The van der Waals surface area contributed by atoms with Crippen LogP contribution in [-0.2, 0) is 0 Å². The van der Waals surface area contributed by atoms with Crippen molar-refractivity contribution in [3.63, 3.8) is 0 Å². The van der Waals surface area contributed by atoms with E-state index in [4.69, 9.17) is 0 Å². The van der Waals surface area contributed by atoms with Crippen molar-refractivity contribution in [3.8, 4) is 0 Å². The predicted molar refractivity (Wildman–Crippen MR) is 447 cm³/mol. The van der Waals surface area contributed by atoms with Gasteiger partial charge in [0.1, 0.15) is 34.1 Å². The lowest BCUT2D eigenvalue weighted by Gasteiger charge is -2.15. The Morgan fingerprint density at radius 3 is 0.460 bits per heavy atom. The molecule has 0 bridgehead atoms. The van der Waals surface area contributed by atoms with Crippen molar-refractivity contribution in [2.24, 2.45) is 0 Å². The number of hydrogen-bond acceptors (Lipinski definition) is 0. The average molecular weight is 1400 g/mol. The quantitative estimate of drug-likeness (QED) is 0.0354. The van der Waals surface area contributed by atoms with Gasteiger partial charge in [0.05, 0.1) is 201 Å². The van der Waals surface area contributed by atoms with Gasteiger partial charge in [-0.1, -0.05) is 123 Å². The molecule has 6 aromatic rings. The number of para-hydroxylation sites is 6. The Hall–Kier alpha value is -5.16. The van der Waals surface area contributed by atoms with Gasteiger partial charge in [-0.15, -0.1) is 0 Å². The van der Waals surface area contributed by atoms with E-state index in [0.717, 1.165) is 13.1 Å². The van der Waals surface area contributed by atoms with Crippen LogP contribution in [0.3, 0.4) is 0 Å². The van der Waals surface area contributed by atoms with E-state index in [2.05, 4.69) is 379 Å². The molecule has 0 aromatic heterocycles. The first-order valence-electron chi connectivity index (χ1n) is 40.2. The minimum absolute atomic E-state index is 1.14. The minimum atomic E-state index is 1.14. The van der Waals surface area contributed by atoms with E-state index >= 15 is 0 Å². The molecule has 0 aliphatic carbocycles. The van der Waals surface area contributed by atoms with E-state index in [9.17, 15) is 0 Å². The summed E-state index contributed by atoms with van der Waals surface area (Å²) in [5.41, 5.74) is 8.35. The van der Waals surface area contributed by atoms with Gasteiger partial charge in [-0.3, -0.25) is 0 Å². The summed E-state index contributed by atoms with van der Waals surface area (Å²) in [7, 11) is 21.7. The molecular weight excluding hydrogens is 1230 g/mol. The largest absolute Gasteiger partial charge is 0.340 e. The Balaban J connectivity index is -0.000000244. The van der Waals surface area contributed by atoms with Gasteiger partial charge in [-0.05, 0) is 210 Å². The molecule has 0 aliphatic rings. The van der Waals surface area contributed by atoms with Crippen LogP contribution >= 0.6 is 0 Å². The van der Waals surface area contributed by atoms with Gasteiger partial charge >= 0.3 is 0 Å².